The van der Waals surface area contributed by atoms with E-state index in [1.54, 1.807) is 32.1 Å². The average Bonchev–Trinajstić information content (AvgIpc) is 2.22. The van der Waals surface area contributed by atoms with Gasteiger partial charge in [0.05, 0.1) is 0 Å². The van der Waals surface area contributed by atoms with Crippen LogP contribution < -0.4 is 18.9 Å². The fraction of sp³-hybridized carbons (Fsp3) is 1.00. The van der Waals surface area contributed by atoms with Gasteiger partial charge in [0.25, 0.3) is 0 Å². The standard InChI is InChI=1S/C7H12.Li/c1-2-7-4-3-6(1)5-7;/h6-7H,1-5H2;/q;+1. The minimum atomic E-state index is 0. The average molecular weight is 103 g/mol. The van der Waals surface area contributed by atoms with Gasteiger partial charge >= 0.3 is 18.9 Å². The van der Waals surface area contributed by atoms with Gasteiger partial charge in [-0.25, -0.2) is 0 Å². The second-order valence-corrected chi connectivity index (χ2v) is 3.12. The minimum absolute atomic E-state index is 0. The largest absolute Gasteiger partial charge is 1.00 e. The van der Waals surface area contributed by atoms with Gasteiger partial charge in [-0.1, -0.05) is 25.7 Å². The van der Waals surface area contributed by atoms with Crippen LogP contribution in [0.4, 0.5) is 0 Å². The predicted octanol–water partition coefficient (Wildman–Crippen LogP) is -0.799. The fourth-order valence-corrected chi connectivity index (χ4v) is 2.17. The molecule has 0 unspecified atom stereocenters. The number of hydrogen-bond acceptors (Lipinski definition) is 0. The van der Waals surface area contributed by atoms with Crippen molar-refractivity contribution in [3.8, 4) is 0 Å². The van der Waals surface area contributed by atoms with Crippen LogP contribution in [0.2, 0.25) is 0 Å². The number of rotatable bonds is 0. The summed E-state index contributed by atoms with van der Waals surface area (Å²) in [7, 11) is 0. The molecule has 0 aromatic carbocycles. The first-order chi connectivity index (χ1) is 3.45. The van der Waals surface area contributed by atoms with Crippen LogP contribution in [-0.4, -0.2) is 0 Å². The molecule has 0 nitrogen and oxygen atoms in total. The van der Waals surface area contributed by atoms with E-state index in [2.05, 4.69) is 0 Å². The SMILES string of the molecule is C1CC2CCC1C2.[Li+]. The molecule has 0 atom stereocenters. The molecule has 2 aliphatic carbocycles. The van der Waals surface area contributed by atoms with Crippen LogP contribution in [0.1, 0.15) is 32.1 Å². The van der Waals surface area contributed by atoms with Crippen LogP contribution in [0, 0.1) is 11.8 Å². The molecule has 2 aliphatic rings. The molecule has 0 heterocycles. The molecule has 40 valence electrons. The Balaban J connectivity index is 0.000000320. The molecule has 8 heavy (non-hydrogen) atoms. The maximum absolute atomic E-state index is 1.58. The molecule has 0 spiro atoms. The molecule has 2 rings (SSSR count). The van der Waals surface area contributed by atoms with E-state index in [9.17, 15) is 0 Å². The van der Waals surface area contributed by atoms with Crippen LogP contribution in [0.5, 0.6) is 0 Å². The molecular formula is C7H12Li+. The van der Waals surface area contributed by atoms with E-state index in [1.807, 2.05) is 0 Å². The van der Waals surface area contributed by atoms with Crippen molar-refractivity contribution in [3.05, 3.63) is 0 Å². The summed E-state index contributed by atoms with van der Waals surface area (Å²) in [5.74, 6) is 2.34. The van der Waals surface area contributed by atoms with Gasteiger partial charge in [-0.3, -0.25) is 0 Å². The first-order valence-electron chi connectivity index (χ1n) is 3.45. The maximum Gasteiger partial charge on any atom is 1.00 e. The van der Waals surface area contributed by atoms with Crippen molar-refractivity contribution in [2.75, 3.05) is 0 Å². The zero-order valence-corrected chi connectivity index (χ0v) is 5.69. The van der Waals surface area contributed by atoms with E-state index in [0.717, 1.165) is 0 Å². The molecule has 0 saturated heterocycles. The van der Waals surface area contributed by atoms with Gasteiger partial charge in [0.2, 0.25) is 0 Å². The van der Waals surface area contributed by atoms with Crippen molar-refractivity contribution in [1.82, 2.24) is 0 Å². The van der Waals surface area contributed by atoms with E-state index in [0.29, 0.717) is 0 Å². The van der Waals surface area contributed by atoms with E-state index in [4.69, 9.17) is 0 Å². The van der Waals surface area contributed by atoms with Crippen molar-refractivity contribution in [2.45, 2.75) is 32.1 Å². The van der Waals surface area contributed by atoms with Crippen LogP contribution in [0.3, 0.4) is 0 Å². The zero-order valence-electron chi connectivity index (χ0n) is 5.69. The first kappa shape index (κ1) is 6.71. The second kappa shape index (κ2) is 2.46. The van der Waals surface area contributed by atoms with Crippen LogP contribution in [0.15, 0.2) is 0 Å². The summed E-state index contributed by atoms with van der Waals surface area (Å²) >= 11 is 0. The van der Waals surface area contributed by atoms with E-state index in [-0.39, 0.29) is 18.9 Å². The van der Waals surface area contributed by atoms with Gasteiger partial charge in [-0.05, 0) is 18.3 Å². The smallest absolute Gasteiger partial charge is 0.0502 e. The second-order valence-electron chi connectivity index (χ2n) is 3.12. The molecule has 0 aromatic rings. The summed E-state index contributed by atoms with van der Waals surface area (Å²) in [6, 6.07) is 0. The molecule has 1 heteroatoms. The number of fused-ring (bicyclic) bond motifs is 2. The summed E-state index contributed by atoms with van der Waals surface area (Å²) in [4.78, 5) is 0. The molecule has 2 fully saturated rings. The molecule has 2 saturated carbocycles. The molecule has 2 bridgehead atoms. The van der Waals surface area contributed by atoms with Gasteiger partial charge in [-0.15, -0.1) is 0 Å². The summed E-state index contributed by atoms with van der Waals surface area (Å²) in [5, 5.41) is 0. The molecular weight excluding hydrogens is 91.0 g/mol. The Labute approximate surface area is 63.2 Å². The van der Waals surface area contributed by atoms with Gasteiger partial charge in [0.1, 0.15) is 0 Å². The molecule has 0 N–H and O–H groups in total. The Kier molecular flexibility index (Phi) is 2.06. The molecule has 0 amide bonds. The van der Waals surface area contributed by atoms with Gasteiger partial charge < -0.3 is 0 Å². The van der Waals surface area contributed by atoms with Crippen LogP contribution in [-0.2, 0) is 0 Å². The molecule has 0 aliphatic heterocycles. The van der Waals surface area contributed by atoms with Gasteiger partial charge in [0, 0.05) is 0 Å². The van der Waals surface area contributed by atoms with Crippen molar-refractivity contribution in [2.24, 2.45) is 11.8 Å². The van der Waals surface area contributed by atoms with Crippen molar-refractivity contribution in [3.63, 3.8) is 0 Å². The third kappa shape index (κ3) is 0.970. The monoisotopic (exact) mass is 103 g/mol. The van der Waals surface area contributed by atoms with Crippen molar-refractivity contribution in [1.29, 1.82) is 0 Å². The summed E-state index contributed by atoms with van der Waals surface area (Å²) in [6.45, 7) is 0. The Morgan fingerprint density at radius 2 is 1.12 bits per heavy atom. The maximum atomic E-state index is 1.58. The first-order valence-corrected chi connectivity index (χ1v) is 3.45. The van der Waals surface area contributed by atoms with E-state index < -0.39 is 0 Å². The predicted molar refractivity (Wildman–Crippen MR) is 30.1 cm³/mol. The number of hydrogen-bond donors (Lipinski definition) is 0. The van der Waals surface area contributed by atoms with Gasteiger partial charge in [-0.2, -0.15) is 0 Å². The Morgan fingerprint density at radius 3 is 1.25 bits per heavy atom. The van der Waals surface area contributed by atoms with Crippen molar-refractivity contribution >= 4 is 0 Å². The normalized spacial score (nSPS) is 42.0. The zero-order chi connectivity index (χ0) is 4.69. The Hall–Kier alpha value is 0.597. The van der Waals surface area contributed by atoms with E-state index in [1.165, 1.54) is 11.8 Å². The summed E-state index contributed by atoms with van der Waals surface area (Å²) in [5.41, 5.74) is 0. The topological polar surface area (TPSA) is 0 Å². The summed E-state index contributed by atoms with van der Waals surface area (Å²) < 4.78 is 0. The molecule has 0 radical (unpaired) electrons. The quantitative estimate of drug-likeness (QED) is 0.352. The van der Waals surface area contributed by atoms with Crippen LogP contribution in [0.25, 0.3) is 0 Å². The van der Waals surface area contributed by atoms with Crippen molar-refractivity contribution < 1.29 is 18.9 Å². The summed E-state index contributed by atoms with van der Waals surface area (Å²) in [6.07, 6.45) is 7.82. The van der Waals surface area contributed by atoms with Crippen LogP contribution >= 0.6 is 0 Å². The molecule has 0 aromatic heterocycles. The third-order valence-corrected chi connectivity index (χ3v) is 2.63. The minimum Gasteiger partial charge on any atom is -0.0502 e. The fourth-order valence-electron chi connectivity index (χ4n) is 2.17. The third-order valence-electron chi connectivity index (χ3n) is 2.63. The van der Waals surface area contributed by atoms with E-state index >= 15 is 0 Å². The Bertz CT molecular complexity index is 62.5. The van der Waals surface area contributed by atoms with Gasteiger partial charge in [0.15, 0.2) is 0 Å². The Morgan fingerprint density at radius 1 is 0.750 bits per heavy atom.